The lowest BCUT2D eigenvalue weighted by Gasteiger charge is -2.28. The minimum absolute atomic E-state index is 0.00297. The quantitative estimate of drug-likeness (QED) is 0.792. The number of sulfonamides is 1. The van der Waals surface area contributed by atoms with Crippen LogP contribution in [0.25, 0.3) is 0 Å². The van der Waals surface area contributed by atoms with Gasteiger partial charge in [0.25, 0.3) is 5.91 Å². The van der Waals surface area contributed by atoms with E-state index in [9.17, 15) is 13.2 Å². The highest BCUT2D eigenvalue weighted by Crippen LogP contribution is 2.17. The molecule has 2 rings (SSSR count). The molecule has 26 heavy (non-hydrogen) atoms. The maximum absolute atomic E-state index is 12.8. The smallest absolute Gasteiger partial charge is 0.253 e. The molecule has 1 aromatic carbocycles. The Kier molecular flexibility index (Phi) is 7.46. The van der Waals surface area contributed by atoms with Crippen molar-refractivity contribution in [1.82, 2.24) is 14.5 Å². The average Bonchev–Trinajstić information content (AvgIpc) is 2.84. The lowest BCUT2D eigenvalue weighted by Crippen LogP contribution is -2.44. The van der Waals surface area contributed by atoms with Crippen LogP contribution in [0.3, 0.4) is 0 Å². The van der Waals surface area contributed by atoms with E-state index in [1.165, 1.54) is 0 Å². The lowest BCUT2D eigenvalue weighted by atomic mass is 10.1. The van der Waals surface area contributed by atoms with Crippen LogP contribution in [0.1, 0.15) is 36.2 Å². The lowest BCUT2D eigenvalue weighted by molar-refractivity contribution is 0.0759. The fourth-order valence-corrected chi connectivity index (χ4v) is 4.09. The number of rotatable bonds is 6. The molecule has 1 aliphatic heterocycles. The van der Waals surface area contributed by atoms with Gasteiger partial charge in [0.2, 0.25) is 10.0 Å². The molecule has 1 heterocycles. The predicted molar refractivity (Wildman–Crippen MR) is 105 cm³/mol. The monoisotopic (exact) mass is 401 g/mol. The van der Waals surface area contributed by atoms with Gasteiger partial charge in [-0.3, -0.25) is 9.69 Å². The Labute approximate surface area is 161 Å². The Morgan fingerprint density at radius 1 is 1.23 bits per heavy atom. The summed E-state index contributed by atoms with van der Waals surface area (Å²) in [6.07, 6.45) is 0.857. The van der Waals surface area contributed by atoms with Crippen molar-refractivity contribution in [2.75, 3.05) is 38.5 Å². The molecule has 0 aliphatic carbocycles. The zero-order chi connectivity index (χ0) is 19.3. The molecular formula is C18H28ClN3O3S. The van der Waals surface area contributed by atoms with Gasteiger partial charge < -0.3 is 4.90 Å². The van der Waals surface area contributed by atoms with Crippen molar-refractivity contribution in [3.63, 3.8) is 0 Å². The third-order valence-corrected chi connectivity index (χ3v) is 6.29. The topological polar surface area (TPSA) is 69.7 Å². The SMILES string of the molecule is CCS(=O)(=O)NCC(C)N1CCCN(C(=O)c2cc(C)cc(Cl)c2)CC1. The second-order valence-electron chi connectivity index (χ2n) is 6.80. The molecule has 0 saturated carbocycles. The van der Waals surface area contributed by atoms with Gasteiger partial charge >= 0.3 is 0 Å². The number of nitrogens with one attached hydrogen (secondary N) is 1. The Bertz CT molecular complexity index is 719. The van der Waals surface area contributed by atoms with Crippen molar-refractivity contribution in [2.24, 2.45) is 0 Å². The van der Waals surface area contributed by atoms with Crippen LogP contribution in [0, 0.1) is 6.92 Å². The molecule has 1 fully saturated rings. The van der Waals surface area contributed by atoms with Crippen molar-refractivity contribution in [3.8, 4) is 0 Å². The highest BCUT2D eigenvalue weighted by molar-refractivity contribution is 7.89. The van der Waals surface area contributed by atoms with Gasteiger partial charge in [-0.1, -0.05) is 11.6 Å². The van der Waals surface area contributed by atoms with Crippen molar-refractivity contribution in [2.45, 2.75) is 33.2 Å². The van der Waals surface area contributed by atoms with Gasteiger partial charge in [0.05, 0.1) is 5.75 Å². The fraction of sp³-hybridized carbons (Fsp3) is 0.611. The van der Waals surface area contributed by atoms with Gasteiger partial charge in [-0.05, 0) is 51.0 Å². The second-order valence-corrected chi connectivity index (χ2v) is 9.33. The van der Waals surface area contributed by atoms with Crippen LogP contribution in [0.2, 0.25) is 5.02 Å². The molecule has 1 saturated heterocycles. The molecule has 0 radical (unpaired) electrons. The Hall–Kier alpha value is -1.15. The molecule has 8 heteroatoms. The zero-order valence-corrected chi connectivity index (χ0v) is 17.2. The molecule has 146 valence electrons. The summed E-state index contributed by atoms with van der Waals surface area (Å²) in [7, 11) is -3.18. The molecule has 1 aliphatic rings. The summed E-state index contributed by atoms with van der Waals surface area (Å²) < 4.78 is 25.9. The van der Waals surface area contributed by atoms with Crippen molar-refractivity contribution < 1.29 is 13.2 Å². The summed E-state index contributed by atoms with van der Waals surface area (Å²) in [5, 5.41) is 0.571. The van der Waals surface area contributed by atoms with Crippen LogP contribution in [0.15, 0.2) is 18.2 Å². The van der Waals surface area contributed by atoms with Gasteiger partial charge in [0.1, 0.15) is 0 Å². The first-order valence-corrected chi connectivity index (χ1v) is 11.0. The summed E-state index contributed by atoms with van der Waals surface area (Å²) in [5.41, 5.74) is 1.58. The molecule has 0 aromatic heterocycles. The molecule has 1 N–H and O–H groups in total. The third kappa shape index (κ3) is 5.94. The van der Waals surface area contributed by atoms with E-state index in [-0.39, 0.29) is 17.7 Å². The standard InChI is InChI=1S/C18H28ClN3O3S/c1-4-26(24,25)20-13-15(3)21-6-5-7-22(9-8-21)18(23)16-10-14(2)11-17(19)12-16/h10-12,15,20H,4-9,13H2,1-3H3. The van der Waals surface area contributed by atoms with E-state index in [4.69, 9.17) is 11.6 Å². The molecule has 0 bridgehead atoms. The van der Waals surface area contributed by atoms with Gasteiger partial charge in [-0.2, -0.15) is 0 Å². The molecule has 6 nitrogen and oxygen atoms in total. The highest BCUT2D eigenvalue weighted by atomic mass is 35.5. The molecule has 1 unspecified atom stereocenters. The van der Waals surface area contributed by atoms with Gasteiger partial charge in [0, 0.05) is 49.4 Å². The number of hydrogen-bond donors (Lipinski definition) is 1. The molecule has 0 spiro atoms. The van der Waals surface area contributed by atoms with Crippen LogP contribution in [-0.4, -0.2) is 68.6 Å². The first kappa shape index (κ1) is 21.2. The summed E-state index contributed by atoms with van der Waals surface area (Å²) >= 11 is 6.08. The maximum atomic E-state index is 12.8. The summed E-state index contributed by atoms with van der Waals surface area (Å²) in [6.45, 7) is 8.82. The average molecular weight is 402 g/mol. The van der Waals surface area contributed by atoms with Crippen LogP contribution in [0.5, 0.6) is 0 Å². The Morgan fingerprint density at radius 2 is 1.96 bits per heavy atom. The third-order valence-electron chi connectivity index (χ3n) is 4.71. The number of benzene rings is 1. The molecule has 1 amide bonds. The predicted octanol–water partition coefficient (Wildman–Crippen LogP) is 2.12. The van der Waals surface area contributed by atoms with Crippen molar-refractivity contribution in [1.29, 1.82) is 0 Å². The number of hydrogen-bond acceptors (Lipinski definition) is 4. The second kappa shape index (κ2) is 9.17. The Balaban J connectivity index is 1.95. The maximum Gasteiger partial charge on any atom is 0.253 e. The summed E-state index contributed by atoms with van der Waals surface area (Å²) in [4.78, 5) is 16.9. The zero-order valence-electron chi connectivity index (χ0n) is 15.7. The Morgan fingerprint density at radius 3 is 2.62 bits per heavy atom. The van der Waals surface area contributed by atoms with Gasteiger partial charge in [-0.25, -0.2) is 13.1 Å². The van der Waals surface area contributed by atoms with Crippen LogP contribution in [-0.2, 0) is 10.0 Å². The van der Waals surface area contributed by atoms with Crippen LogP contribution in [0.4, 0.5) is 0 Å². The fourth-order valence-electron chi connectivity index (χ4n) is 3.10. The van der Waals surface area contributed by atoms with Gasteiger partial charge in [-0.15, -0.1) is 0 Å². The normalized spacial score (nSPS) is 17.8. The van der Waals surface area contributed by atoms with E-state index < -0.39 is 10.0 Å². The summed E-state index contributed by atoms with van der Waals surface area (Å²) in [6, 6.07) is 5.49. The van der Waals surface area contributed by atoms with E-state index >= 15 is 0 Å². The van der Waals surface area contributed by atoms with Crippen molar-refractivity contribution >= 4 is 27.5 Å². The van der Waals surface area contributed by atoms with E-state index in [2.05, 4.69) is 9.62 Å². The van der Waals surface area contributed by atoms with E-state index in [0.717, 1.165) is 25.1 Å². The minimum Gasteiger partial charge on any atom is -0.337 e. The summed E-state index contributed by atoms with van der Waals surface area (Å²) in [5.74, 6) is 0.0814. The van der Waals surface area contributed by atoms with Gasteiger partial charge in [0.15, 0.2) is 0 Å². The van der Waals surface area contributed by atoms with E-state index in [1.807, 2.05) is 30.9 Å². The number of aryl methyl sites for hydroxylation is 1. The number of carbonyl (C=O) groups is 1. The van der Waals surface area contributed by atoms with Crippen molar-refractivity contribution in [3.05, 3.63) is 34.3 Å². The number of carbonyl (C=O) groups excluding carboxylic acids is 1. The largest absolute Gasteiger partial charge is 0.337 e. The number of amides is 1. The first-order chi connectivity index (χ1) is 12.2. The number of nitrogens with zero attached hydrogens (tertiary/aromatic N) is 2. The highest BCUT2D eigenvalue weighted by Gasteiger charge is 2.23. The minimum atomic E-state index is -3.18. The van der Waals surface area contributed by atoms with Crippen LogP contribution >= 0.6 is 11.6 Å². The van der Waals surface area contributed by atoms with Crippen LogP contribution < -0.4 is 4.72 Å². The first-order valence-electron chi connectivity index (χ1n) is 8.99. The molecular weight excluding hydrogens is 374 g/mol. The van der Waals surface area contributed by atoms with E-state index in [1.54, 1.807) is 13.0 Å². The molecule has 1 atom stereocenters. The van der Waals surface area contributed by atoms with E-state index in [0.29, 0.717) is 30.2 Å². The number of halogens is 1. The molecule has 1 aromatic rings.